The Kier molecular flexibility index (Phi) is 8.99. The number of ether oxygens (including phenoxy) is 2. The van der Waals surface area contributed by atoms with Crippen LogP contribution in [0.3, 0.4) is 0 Å². The molecule has 6 rings (SSSR count). The molecule has 0 aliphatic carbocycles. The van der Waals surface area contributed by atoms with E-state index in [-0.39, 0.29) is 5.88 Å². The molecule has 0 fully saturated rings. The molecular formula is C39H31IN2O3. The largest absolute Gasteiger partial charge is 0.490 e. The van der Waals surface area contributed by atoms with Gasteiger partial charge in [-0.05, 0) is 83.0 Å². The van der Waals surface area contributed by atoms with E-state index in [1.807, 2.05) is 99.6 Å². The molecule has 6 heteroatoms. The molecule has 0 aliphatic rings. The molecular weight excluding hydrogens is 671 g/mol. The Morgan fingerprint density at radius 1 is 0.844 bits per heavy atom. The van der Waals surface area contributed by atoms with Crippen molar-refractivity contribution in [2.24, 2.45) is 4.99 Å². The van der Waals surface area contributed by atoms with E-state index < -0.39 is 0 Å². The normalized spacial score (nSPS) is 11.2. The monoisotopic (exact) mass is 702 g/mol. The quantitative estimate of drug-likeness (QED) is 0.111. The van der Waals surface area contributed by atoms with Crippen LogP contribution < -0.4 is 9.47 Å². The Morgan fingerprint density at radius 2 is 1.53 bits per heavy atom. The second-order valence-electron chi connectivity index (χ2n) is 10.8. The molecule has 0 saturated heterocycles. The highest BCUT2D eigenvalue weighted by molar-refractivity contribution is 14.1. The number of rotatable bonds is 9. The summed E-state index contributed by atoms with van der Waals surface area (Å²) in [4.78, 5) is 4.70. The molecule has 1 aromatic heterocycles. The van der Waals surface area contributed by atoms with Crippen molar-refractivity contribution in [2.75, 3.05) is 6.61 Å². The Balaban J connectivity index is 1.35. The molecule has 1 heterocycles. The predicted molar refractivity (Wildman–Crippen MR) is 190 cm³/mol. The number of nitriles is 1. The highest BCUT2D eigenvalue weighted by atomic mass is 127. The molecule has 0 aliphatic heterocycles. The smallest absolute Gasteiger partial charge is 0.238 e. The SMILES string of the molecule is CCOc1cc(C=Nc2oc(-c3ccc(C)cc3)c(-c3ccc(C)cc3)c2C#N)cc(I)c1OCc1cccc2ccccc12. The summed E-state index contributed by atoms with van der Waals surface area (Å²) in [5, 5.41) is 12.7. The third kappa shape index (κ3) is 6.50. The van der Waals surface area contributed by atoms with Crippen molar-refractivity contribution in [3.05, 3.63) is 135 Å². The lowest BCUT2D eigenvalue weighted by Gasteiger charge is -2.15. The van der Waals surface area contributed by atoms with Gasteiger partial charge in [0.15, 0.2) is 11.5 Å². The molecule has 0 atom stereocenters. The number of hydrogen-bond donors (Lipinski definition) is 0. The third-order valence-corrected chi connectivity index (χ3v) is 8.37. The minimum Gasteiger partial charge on any atom is -0.490 e. The average Bonchev–Trinajstić information content (AvgIpc) is 3.42. The van der Waals surface area contributed by atoms with Gasteiger partial charge in [-0.1, -0.05) is 102 Å². The van der Waals surface area contributed by atoms with Crippen molar-refractivity contribution in [3.63, 3.8) is 0 Å². The van der Waals surface area contributed by atoms with Crippen LogP contribution in [-0.2, 0) is 6.61 Å². The van der Waals surface area contributed by atoms with Crippen molar-refractivity contribution in [1.29, 1.82) is 5.26 Å². The highest BCUT2D eigenvalue weighted by Gasteiger charge is 2.23. The molecule has 5 nitrogen and oxygen atoms in total. The van der Waals surface area contributed by atoms with Crippen molar-refractivity contribution >= 4 is 45.5 Å². The van der Waals surface area contributed by atoms with Crippen LogP contribution in [0.2, 0.25) is 0 Å². The van der Waals surface area contributed by atoms with E-state index in [0.717, 1.165) is 42.5 Å². The Bertz CT molecular complexity index is 2050. The van der Waals surface area contributed by atoms with E-state index in [9.17, 15) is 5.26 Å². The van der Waals surface area contributed by atoms with Crippen molar-refractivity contribution in [3.8, 4) is 40.0 Å². The van der Waals surface area contributed by atoms with Gasteiger partial charge in [-0.2, -0.15) is 5.26 Å². The van der Waals surface area contributed by atoms with Crippen LogP contribution in [0.5, 0.6) is 11.5 Å². The van der Waals surface area contributed by atoms with Crippen LogP contribution >= 0.6 is 22.6 Å². The Morgan fingerprint density at radius 3 is 2.24 bits per heavy atom. The van der Waals surface area contributed by atoms with Gasteiger partial charge in [0.25, 0.3) is 0 Å². The number of hydrogen-bond acceptors (Lipinski definition) is 5. The topological polar surface area (TPSA) is 67.8 Å². The Labute approximate surface area is 276 Å². The van der Waals surface area contributed by atoms with Gasteiger partial charge in [0, 0.05) is 17.3 Å². The molecule has 0 radical (unpaired) electrons. The highest BCUT2D eigenvalue weighted by Crippen LogP contribution is 2.43. The number of benzene rings is 5. The van der Waals surface area contributed by atoms with Gasteiger partial charge in [0.05, 0.1) is 10.2 Å². The molecule has 0 amide bonds. The second kappa shape index (κ2) is 13.4. The zero-order chi connectivity index (χ0) is 31.3. The van der Waals surface area contributed by atoms with Gasteiger partial charge in [-0.15, -0.1) is 0 Å². The minimum atomic E-state index is 0.257. The van der Waals surface area contributed by atoms with E-state index in [4.69, 9.17) is 18.9 Å². The molecule has 0 N–H and O–H groups in total. The van der Waals surface area contributed by atoms with Gasteiger partial charge < -0.3 is 13.9 Å². The number of fused-ring (bicyclic) bond motifs is 1. The van der Waals surface area contributed by atoms with Gasteiger partial charge in [-0.25, -0.2) is 4.99 Å². The lowest BCUT2D eigenvalue weighted by molar-refractivity contribution is 0.268. The van der Waals surface area contributed by atoms with Crippen molar-refractivity contribution in [2.45, 2.75) is 27.4 Å². The standard InChI is InChI=1S/C39H31IN2O3/c1-4-43-35-21-27(20-34(40)38(35)44-24-31-10-7-9-28-8-5-6-11-32(28)31)23-42-39-33(22-41)36(29-16-12-25(2)13-17-29)37(45-39)30-18-14-26(3)15-19-30/h5-21,23H,4,24H2,1-3H3. The van der Waals surface area contributed by atoms with Gasteiger partial charge in [0.2, 0.25) is 5.88 Å². The van der Waals surface area contributed by atoms with Crippen LogP contribution in [0.1, 0.15) is 34.7 Å². The molecule has 0 spiro atoms. The summed E-state index contributed by atoms with van der Waals surface area (Å²) in [6.07, 6.45) is 1.71. The molecule has 45 heavy (non-hydrogen) atoms. The summed E-state index contributed by atoms with van der Waals surface area (Å²) >= 11 is 2.27. The van der Waals surface area contributed by atoms with E-state index in [2.05, 4.69) is 52.9 Å². The maximum absolute atomic E-state index is 10.3. The summed E-state index contributed by atoms with van der Waals surface area (Å²) in [5.41, 5.74) is 7.09. The molecule has 222 valence electrons. The molecule has 5 aromatic carbocycles. The number of aliphatic imine (C=N–C) groups is 1. The summed E-state index contributed by atoms with van der Waals surface area (Å²) in [6, 6.07) is 37.0. The van der Waals surface area contributed by atoms with Crippen LogP contribution in [0.4, 0.5) is 5.88 Å². The summed E-state index contributed by atoms with van der Waals surface area (Å²) in [6.45, 7) is 6.92. The molecule has 0 saturated carbocycles. The maximum Gasteiger partial charge on any atom is 0.238 e. The average molecular weight is 703 g/mol. The molecule has 6 aromatic rings. The van der Waals surface area contributed by atoms with Crippen LogP contribution in [-0.4, -0.2) is 12.8 Å². The fourth-order valence-corrected chi connectivity index (χ4v) is 6.07. The minimum absolute atomic E-state index is 0.257. The zero-order valence-corrected chi connectivity index (χ0v) is 27.5. The predicted octanol–water partition coefficient (Wildman–Crippen LogP) is 10.6. The van der Waals surface area contributed by atoms with Gasteiger partial charge >= 0.3 is 0 Å². The summed E-state index contributed by atoms with van der Waals surface area (Å²) in [5.74, 6) is 2.19. The molecule has 0 unspecified atom stereocenters. The number of halogens is 1. The first-order chi connectivity index (χ1) is 21.9. The van der Waals surface area contributed by atoms with Crippen LogP contribution in [0.15, 0.2) is 113 Å². The van der Waals surface area contributed by atoms with Crippen molar-refractivity contribution < 1.29 is 13.9 Å². The first-order valence-electron chi connectivity index (χ1n) is 14.8. The van der Waals surface area contributed by atoms with Gasteiger partial charge in [0.1, 0.15) is 24.0 Å². The van der Waals surface area contributed by atoms with E-state index in [0.29, 0.717) is 36.0 Å². The van der Waals surface area contributed by atoms with Crippen LogP contribution in [0.25, 0.3) is 33.2 Å². The number of aryl methyl sites for hydroxylation is 2. The van der Waals surface area contributed by atoms with E-state index >= 15 is 0 Å². The Hall–Kier alpha value is -4.87. The van der Waals surface area contributed by atoms with Crippen LogP contribution in [0, 0.1) is 28.7 Å². The summed E-state index contributed by atoms with van der Waals surface area (Å²) < 4.78 is 19.6. The second-order valence-corrected chi connectivity index (χ2v) is 11.9. The fourth-order valence-electron chi connectivity index (χ4n) is 5.28. The summed E-state index contributed by atoms with van der Waals surface area (Å²) in [7, 11) is 0. The van der Waals surface area contributed by atoms with E-state index in [1.54, 1.807) is 6.21 Å². The number of furan rings is 1. The first-order valence-corrected chi connectivity index (χ1v) is 15.8. The number of nitrogens with zero attached hydrogens (tertiary/aromatic N) is 2. The van der Waals surface area contributed by atoms with Gasteiger partial charge in [-0.3, -0.25) is 0 Å². The third-order valence-electron chi connectivity index (χ3n) is 7.57. The fraction of sp³-hybridized carbons (Fsp3) is 0.128. The van der Waals surface area contributed by atoms with Crippen molar-refractivity contribution in [1.82, 2.24) is 0 Å². The maximum atomic E-state index is 10.3. The van der Waals surface area contributed by atoms with E-state index in [1.165, 1.54) is 10.8 Å². The molecule has 0 bridgehead atoms. The lowest BCUT2D eigenvalue weighted by Crippen LogP contribution is -2.03. The zero-order valence-electron chi connectivity index (χ0n) is 25.3. The first kappa shape index (κ1) is 30.2. The lowest BCUT2D eigenvalue weighted by atomic mass is 9.97.